The smallest absolute Gasteiger partial charge is 0.344 e. The summed E-state index contributed by atoms with van der Waals surface area (Å²) in [6.07, 6.45) is 5.61. The van der Waals surface area contributed by atoms with Crippen molar-refractivity contribution in [1.29, 1.82) is 0 Å². The van der Waals surface area contributed by atoms with Crippen molar-refractivity contribution in [2.45, 2.75) is 38.6 Å². The second-order valence-electron chi connectivity index (χ2n) is 7.20. The number of carbonyl (C=O) groups excluding carboxylic acids is 2. The van der Waals surface area contributed by atoms with Crippen molar-refractivity contribution < 1.29 is 27.5 Å². The fraction of sp³-hybridized carbons (Fsp3) is 0.318. The van der Waals surface area contributed by atoms with E-state index in [1.807, 2.05) is 0 Å². The van der Waals surface area contributed by atoms with E-state index in [1.54, 1.807) is 24.0 Å². The summed E-state index contributed by atoms with van der Waals surface area (Å²) in [4.78, 5) is 26.8. The summed E-state index contributed by atoms with van der Waals surface area (Å²) in [6, 6.07) is 5.38. The molecule has 0 spiro atoms. The van der Waals surface area contributed by atoms with Crippen molar-refractivity contribution in [2.24, 2.45) is 0 Å². The van der Waals surface area contributed by atoms with Crippen molar-refractivity contribution in [1.82, 2.24) is 4.90 Å². The number of benzene rings is 1. The average Bonchev–Trinajstić information content (AvgIpc) is 3.45. The molecule has 0 atom stereocenters. The highest BCUT2D eigenvalue weighted by molar-refractivity contribution is 8.26. The summed E-state index contributed by atoms with van der Waals surface area (Å²) >= 11 is 6.60. The average molecular weight is 464 g/mol. The van der Waals surface area contributed by atoms with Gasteiger partial charge in [-0.05, 0) is 44.0 Å². The first kappa shape index (κ1) is 21.7. The standard InChI is InChI=1S/C22H19F2NO4S2/c1-2-28-21(27)18-15(23)9-8-14(19(18)24)16-10-7-13(29-16)11-17-20(26)25(22(30)31-17)12-5-3-4-6-12/h7-12H,2-6H2,1H3. The molecule has 1 aliphatic heterocycles. The minimum absolute atomic E-state index is 0.00809. The lowest BCUT2D eigenvalue weighted by molar-refractivity contribution is -0.123. The van der Waals surface area contributed by atoms with E-state index in [2.05, 4.69) is 0 Å². The van der Waals surface area contributed by atoms with Gasteiger partial charge in [0.1, 0.15) is 27.2 Å². The first-order valence-corrected chi connectivity index (χ1v) is 11.2. The summed E-state index contributed by atoms with van der Waals surface area (Å²) < 4.78 is 39.8. The predicted octanol–water partition coefficient (Wildman–Crippen LogP) is 5.55. The van der Waals surface area contributed by atoms with Gasteiger partial charge in [-0.1, -0.05) is 36.8 Å². The minimum Gasteiger partial charge on any atom is -0.462 e. The lowest BCUT2D eigenvalue weighted by atomic mass is 10.1. The SMILES string of the molecule is CCOC(=O)c1c(F)ccc(-c2ccc(C=C3SC(=S)N(C4CCCC4)C3=O)o2)c1F. The van der Waals surface area contributed by atoms with Gasteiger partial charge in [0, 0.05) is 12.1 Å². The zero-order valence-corrected chi connectivity index (χ0v) is 18.3. The molecule has 162 valence electrons. The van der Waals surface area contributed by atoms with Crippen LogP contribution in [0.1, 0.15) is 48.7 Å². The molecule has 5 nitrogen and oxygen atoms in total. The molecule has 9 heteroatoms. The molecular formula is C22H19F2NO4S2. The van der Waals surface area contributed by atoms with Crippen molar-refractivity contribution >= 4 is 46.3 Å². The number of amides is 1. The van der Waals surface area contributed by atoms with Crippen LogP contribution in [0, 0.1) is 11.6 Å². The fourth-order valence-electron chi connectivity index (χ4n) is 3.79. The first-order chi connectivity index (χ1) is 14.9. The number of furan rings is 1. The van der Waals surface area contributed by atoms with Crippen molar-refractivity contribution in [3.05, 3.63) is 52.1 Å². The Morgan fingerprint density at radius 3 is 2.74 bits per heavy atom. The van der Waals surface area contributed by atoms with E-state index in [0.29, 0.717) is 15.0 Å². The zero-order valence-electron chi connectivity index (χ0n) is 16.7. The molecule has 2 aliphatic rings. The summed E-state index contributed by atoms with van der Waals surface area (Å²) in [5, 5.41) is 0. The molecule has 1 aliphatic carbocycles. The van der Waals surface area contributed by atoms with Crippen LogP contribution in [0.15, 0.2) is 33.6 Å². The monoisotopic (exact) mass is 463 g/mol. The van der Waals surface area contributed by atoms with Gasteiger partial charge in [0.05, 0.1) is 17.1 Å². The van der Waals surface area contributed by atoms with Gasteiger partial charge in [-0.3, -0.25) is 9.69 Å². The summed E-state index contributed by atoms with van der Waals surface area (Å²) in [5.41, 5.74) is -0.850. The van der Waals surface area contributed by atoms with Crippen LogP contribution in [-0.2, 0) is 9.53 Å². The highest BCUT2D eigenvalue weighted by Gasteiger charge is 2.38. The molecule has 4 rings (SSSR count). The van der Waals surface area contributed by atoms with E-state index in [4.69, 9.17) is 21.4 Å². The molecule has 1 saturated heterocycles. The van der Waals surface area contributed by atoms with Crippen LogP contribution < -0.4 is 0 Å². The van der Waals surface area contributed by atoms with E-state index in [1.165, 1.54) is 23.9 Å². The normalized spacial score (nSPS) is 18.4. The Hall–Kier alpha value is -2.52. The van der Waals surface area contributed by atoms with Crippen LogP contribution in [0.25, 0.3) is 17.4 Å². The third-order valence-electron chi connectivity index (χ3n) is 5.25. The quantitative estimate of drug-likeness (QED) is 0.329. The maximum absolute atomic E-state index is 14.8. The number of hydrogen-bond donors (Lipinski definition) is 0. The van der Waals surface area contributed by atoms with Gasteiger partial charge in [0.15, 0.2) is 5.82 Å². The van der Waals surface area contributed by atoms with Crippen LogP contribution in [0.4, 0.5) is 8.78 Å². The molecule has 1 amide bonds. The molecule has 1 saturated carbocycles. The lowest BCUT2D eigenvalue weighted by Gasteiger charge is -2.21. The van der Waals surface area contributed by atoms with E-state index >= 15 is 0 Å². The van der Waals surface area contributed by atoms with Gasteiger partial charge in [0.2, 0.25) is 0 Å². The number of thiocarbonyl (C=S) groups is 1. The van der Waals surface area contributed by atoms with E-state index in [9.17, 15) is 18.4 Å². The van der Waals surface area contributed by atoms with E-state index in [-0.39, 0.29) is 29.9 Å². The second kappa shape index (κ2) is 8.92. The largest absolute Gasteiger partial charge is 0.462 e. The molecular weight excluding hydrogens is 444 g/mol. The number of rotatable bonds is 5. The Kier molecular flexibility index (Phi) is 6.24. The van der Waals surface area contributed by atoms with Gasteiger partial charge >= 0.3 is 5.97 Å². The molecule has 0 unspecified atom stereocenters. The molecule has 0 N–H and O–H groups in total. The van der Waals surface area contributed by atoms with E-state index in [0.717, 1.165) is 31.7 Å². The van der Waals surface area contributed by atoms with Gasteiger partial charge in [-0.25, -0.2) is 13.6 Å². The van der Waals surface area contributed by atoms with Gasteiger partial charge in [-0.2, -0.15) is 0 Å². The Morgan fingerprint density at radius 2 is 2.03 bits per heavy atom. The molecule has 1 aromatic heterocycles. The summed E-state index contributed by atoms with van der Waals surface area (Å²) in [5.74, 6) is -2.89. The molecule has 1 aromatic carbocycles. The Labute approximate surface area is 187 Å². The van der Waals surface area contributed by atoms with Crippen molar-refractivity contribution in [2.75, 3.05) is 6.61 Å². The molecule has 2 aromatic rings. The lowest BCUT2D eigenvalue weighted by Crippen LogP contribution is -2.36. The highest BCUT2D eigenvalue weighted by Crippen LogP contribution is 2.38. The topological polar surface area (TPSA) is 59.8 Å². The Balaban J connectivity index is 1.61. The predicted molar refractivity (Wildman–Crippen MR) is 117 cm³/mol. The third-order valence-corrected chi connectivity index (χ3v) is 6.58. The number of halogens is 2. The van der Waals surface area contributed by atoms with Gasteiger partial charge in [-0.15, -0.1) is 0 Å². The maximum atomic E-state index is 14.8. The van der Waals surface area contributed by atoms with Crippen LogP contribution in [0.5, 0.6) is 0 Å². The second-order valence-corrected chi connectivity index (χ2v) is 8.87. The maximum Gasteiger partial charge on any atom is 0.344 e. The van der Waals surface area contributed by atoms with Crippen LogP contribution >= 0.6 is 24.0 Å². The summed E-state index contributed by atoms with van der Waals surface area (Å²) in [6.45, 7) is 1.54. The fourth-order valence-corrected chi connectivity index (χ4v) is 5.18. The van der Waals surface area contributed by atoms with Crippen LogP contribution in [0.2, 0.25) is 0 Å². The van der Waals surface area contributed by atoms with Crippen molar-refractivity contribution in [3.63, 3.8) is 0 Å². The van der Waals surface area contributed by atoms with Crippen LogP contribution in [0.3, 0.4) is 0 Å². The molecule has 2 heterocycles. The zero-order chi connectivity index (χ0) is 22.1. The number of hydrogen-bond acceptors (Lipinski definition) is 6. The Morgan fingerprint density at radius 1 is 1.29 bits per heavy atom. The Bertz CT molecular complexity index is 1090. The summed E-state index contributed by atoms with van der Waals surface area (Å²) in [7, 11) is 0. The number of ether oxygens (including phenoxy) is 1. The molecule has 0 radical (unpaired) electrons. The number of carbonyl (C=O) groups is 2. The van der Waals surface area contributed by atoms with E-state index < -0.39 is 23.2 Å². The minimum atomic E-state index is -1.08. The first-order valence-electron chi connectivity index (χ1n) is 9.93. The highest BCUT2D eigenvalue weighted by atomic mass is 32.2. The van der Waals surface area contributed by atoms with Crippen LogP contribution in [-0.4, -0.2) is 33.7 Å². The van der Waals surface area contributed by atoms with Gasteiger partial charge < -0.3 is 9.15 Å². The van der Waals surface area contributed by atoms with Crippen molar-refractivity contribution in [3.8, 4) is 11.3 Å². The molecule has 2 fully saturated rings. The molecule has 31 heavy (non-hydrogen) atoms. The number of thioether (sulfide) groups is 1. The molecule has 0 bridgehead atoms. The van der Waals surface area contributed by atoms with Gasteiger partial charge in [0.25, 0.3) is 5.91 Å². The third kappa shape index (κ3) is 4.16. The number of esters is 1. The number of nitrogens with zero attached hydrogens (tertiary/aromatic N) is 1.